The molecule has 10 heteroatoms. The van der Waals surface area contributed by atoms with E-state index in [0.717, 1.165) is 30.8 Å². The van der Waals surface area contributed by atoms with Gasteiger partial charge < -0.3 is 30.3 Å². The molecule has 3 aliphatic heterocycles. The molecule has 5 rings (SSSR count). The quantitative estimate of drug-likeness (QED) is 0.227. The van der Waals surface area contributed by atoms with E-state index >= 15 is 0 Å². The van der Waals surface area contributed by atoms with Crippen LogP contribution >= 0.6 is 15.9 Å². The Morgan fingerprint density at radius 1 is 1.05 bits per heavy atom. The lowest BCUT2D eigenvalue weighted by atomic mass is 9.70. The van der Waals surface area contributed by atoms with Crippen LogP contribution in [0.5, 0.6) is 0 Å². The number of benzene rings is 2. The Hall–Kier alpha value is -2.95. The monoisotopic (exact) mass is 640 g/mol. The molecule has 42 heavy (non-hydrogen) atoms. The fraction of sp³-hybridized carbons (Fsp3) is 0.531. The van der Waals surface area contributed by atoms with E-state index in [9.17, 15) is 19.5 Å². The minimum atomic E-state index is -1.10. The van der Waals surface area contributed by atoms with Gasteiger partial charge in [0.1, 0.15) is 11.6 Å². The molecule has 0 saturated carbocycles. The zero-order chi connectivity index (χ0) is 29.9. The lowest BCUT2D eigenvalue weighted by molar-refractivity contribution is -0.140. The van der Waals surface area contributed by atoms with E-state index < -0.39 is 29.6 Å². The topological polar surface area (TPSA) is 111 Å². The molecule has 0 aromatic heterocycles. The summed E-state index contributed by atoms with van der Waals surface area (Å²) in [6, 6.07) is 16.5. The molecule has 3 N–H and O–H groups in total. The van der Waals surface area contributed by atoms with Crippen molar-refractivity contribution in [2.75, 3.05) is 36.5 Å². The van der Waals surface area contributed by atoms with Crippen LogP contribution in [-0.4, -0.2) is 76.5 Å². The van der Waals surface area contributed by atoms with E-state index in [2.05, 4.69) is 45.3 Å². The fourth-order valence-electron chi connectivity index (χ4n) is 7.00. The number of anilines is 2. The number of amides is 3. The predicted octanol–water partition coefficient (Wildman–Crippen LogP) is 3.70. The van der Waals surface area contributed by atoms with Crippen molar-refractivity contribution in [2.45, 2.75) is 68.6 Å². The number of carbonyl (C=O) groups excluding carboxylic acids is 3. The van der Waals surface area contributed by atoms with Gasteiger partial charge in [0.15, 0.2) is 0 Å². The number of hydrogen-bond acceptors (Lipinski definition) is 6. The number of aliphatic hydroxyl groups is 1. The average molecular weight is 642 g/mol. The highest BCUT2D eigenvalue weighted by atomic mass is 79.9. The Labute approximate surface area is 256 Å². The van der Waals surface area contributed by atoms with Crippen LogP contribution in [0.15, 0.2) is 54.6 Å². The highest BCUT2D eigenvalue weighted by Gasteiger charge is 2.76. The molecule has 6 atom stereocenters. The Morgan fingerprint density at radius 2 is 1.76 bits per heavy atom. The largest absolute Gasteiger partial charge is 0.396 e. The molecule has 0 radical (unpaired) electrons. The zero-order valence-corrected chi connectivity index (χ0v) is 25.9. The summed E-state index contributed by atoms with van der Waals surface area (Å²) >= 11 is 3.72. The minimum Gasteiger partial charge on any atom is -0.396 e. The molecule has 3 amide bonds. The number of unbranched alkanes of at least 4 members (excludes halogenated alkanes) is 2. The van der Waals surface area contributed by atoms with Crippen molar-refractivity contribution in [3.05, 3.63) is 60.2 Å². The smallest absolute Gasteiger partial charge is 0.250 e. The first-order valence-corrected chi connectivity index (χ1v) is 16.0. The lowest BCUT2D eigenvalue weighted by Gasteiger charge is -2.34. The molecule has 1 spiro atoms. The van der Waals surface area contributed by atoms with E-state index in [-0.39, 0.29) is 29.2 Å². The summed E-state index contributed by atoms with van der Waals surface area (Å²) in [7, 11) is 0. The van der Waals surface area contributed by atoms with Crippen molar-refractivity contribution in [2.24, 2.45) is 11.8 Å². The van der Waals surface area contributed by atoms with Gasteiger partial charge in [-0.2, -0.15) is 0 Å². The molecule has 3 heterocycles. The first-order chi connectivity index (χ1) is 20.3. The molecule has 3 unspecified atom stereocenters. The van der Waals surface area contributed by atoms with Crippen LogP contribution in [0.2, 0.25) is 0 Å². The molecule has 3 saturated heterocycles. The first kappa shape index (κ1) is 30.5. The number of rotatable bonds is 13. The predicted molar refractivity (Wildman–Crippen MR) is 165 cm³/mol. The SMILES string of the molecule is CCN(CC)c1ccc(NC(=O)C2N(CCCCCO)C(=O)[C@@H]3[C@H](C(=O)NCc4ccccc4)[C@H]4OC23CC4Br)cc1. The Balaban J connectivity index is 1.40. The Kier molecular flexibility index (Phi) is 9.54. The van der Waals surface area contributed by atoms with Gasteiger partial charge in [0.25, 0.3) is 0 Å². The Morgan fingerprint density at radius 3 is 2.43 bits per heavy atom. The summed E-state index contributed by atoms with van der Waals surface area (Å²) in [4.78, 5) is 45.5. The number of halogens is 1. The molecule has 2 aromatic carbocycles. The molecule has 3 aliphatic rings. The van der Waals surface area contributed by atoms with Gasteiger partial charge in [-0.25, -0.2) is 0 Å². The average Bonchev–Trinajstić information content (AvgIpc) is 3.59. The zero-order valence-electron chi connectivity index (χ0n) is 24.3. The van der Waals surface area contributed by atoms with E-state index in [1.54, 1.807) is 4.90 Å². The maximum absolute atomic E-state index is 14.1. The van der Waals surface area contributed by atoms with Crippen molar-refractivity contribution in [1.29, 1.82) is 0 Å². The minimum absolute atomic E-state index is 0.0770. The maximum Gasteiger partial charge on any atom is 0.250 e. The van der Waals surface area contributed by atoms with Crippen LogP contribution < -0.4 is 15.5 Å². The second-order valence-electron chi connectivity index (χ2n) is 11.4. The van der Waals surface area contributed by atoms with Crippen molar-refractivity contribution < 1.29 is 24.2 Å². The molecule has 2 bridgehead atoms. The van der Waals surface area contributed by atoms with E-state index in [4.69, 9.17) is 4.74 Å². The number of nitrogens with one attached hydrogen (secondary N) is 2. The molecule has 3 fully saturated rings. The van der Waals surface area contributed by atoms with Gasteiger partial charge >= 0.3 is 0 Å². The summed E-state index contributed by atoms with van der Waals surface area (Å²) in [6.07, 6.45) is 1.95. The van der Waals surface area contributed by atoms with Crippen LogP contribution in [0.3, 0.4) is 0 Å². The van der Waals surface area contributed by atoms with E-state index in [1.807, 2.05) is 54.6 Å². The first-order valence-electron chi connectivity index (χ1n) is 15.0. The molecular formula is C32H41BrN4O5. The number of aliphatic hydroxyl groups excluding tert-OH is 1. The number of likely N-dealkylation sites (tertiary alicyclic amines) is 1. The highest BCUT2D eigenvalue weighted by molar-refractivity contribution is 9.09. The third kappa shape index (κ3) is 5.68. The summed E-state index contributed by atoms with van der Waals surface area (Å²) in [5.74, 6) is -2.20. The summed E-state index contributed by atoms with van der Waals surface area (Å²) < 4.78 is 6.58. The lowest BCUT2D eigenvalue weighted by Crippen LogP contribution is -2.54. The molecule has 9 nitrogen and oxygen atoms in total. The van der Waals surface area contributed by atoms with Crippen molar-refractivity contribution in [1.82, 2.24) is 10.2 Å². The third-order valence-electron chi connectivity index (χ3n) is 8.97. The van der Waals surface area contributed by atoms with Gasteiger partial charge in [0.2, 0.25) is 17.7 Å². The summed E-state index contributed by atoms with van der Waals surface area (Å²) in [5.41, 5.74) is 1.57. The van der Waals surface area contributed by atoms with Crippen molar-refractivity contribution >= 4 is 45.0 Å². The number of fused-ring (bicyclic) bond motifs is 1. The van der Waals surface area contributed by atoms with Crippen LogP contribution in [0.1, 0.15) is 45.1 Å². The number of ether oxygens (including phenoxy) is 1. The molecule has 226 valence electrons. The van der Waals surface area contributed by atoms with Gasteiger partial charge in [-0.05, 0) is 69.4 Å². The maximum atomic E-state index is 14.1. The van der Waals surface area contributed by atoms with E-state index in [1.165, 1.54) is 0 Å². The van der Waals surface area contributed by atoms with Crippen LogP contribution in [0, 0.1) is 11.8 Å². The van der Waals surface area contributed by atoms with Crippen molar-refractivity contribution in [3.63, 3.8) is 0 Å². The van der Waals surface area contributed by atoms with Gasteiger partial charge in [-0.1, -0.05) is 46.3 Å². The van der Waals surface area contributed by atoms with Gasteiger partial charge in [-0.15, -0.1) is 0 Å². The fourth-order valence-corrected chi connectivity index (χ4v) is 7.94. The number of carbonyl (C=O) groups is 3. The molecule has 0 aliphatic carbocycles. The van der Waals surface area contributed by atoms with Crippen LogP contribution in [0.25, 0.3) is 0 Å². The second kappa shape index (κ2) is 13.1. The standard InChI is InChI=1S/C32H41BrN4O5/c1-3-36(4-2)23-15-13-22(14-16-23)35-30(40)28-32-19-24(33)27(42-32)25(29(39)34-20-21-11-7-5-8-12-21)26(32)31(41)37(28)17-9-6-10-18-38/h5,7-8,11-16,24-28,38H,3-4,6,9-10,17-20H2,1-2H3,(H,34,39)(H,35,40)/t24?,25-,26-,27-,28?,32?/m0/s1. The van der Waals surface area contributed by atoms with Gasteiger partial charge in [-0.3, -0.25) is 14.4 Å². The number of hydrogen-bond donors (Lipinski definition) is 3. The number of nitrogens with zero attached hydrogens (tertiary/aromatic N) is 2. The molecule has 2 aromatic rings. The molecular weight excluding hydrogens is 600 g/mol. The Bertz CT molecular complexity index is 1260. The summed E-state index contributed by atoms with van der Waals surface area (Å²) in [6.45, 7) is 6.75. The third-order valence-corrected chi connectivity index (χ3v) is 9.82. The second-order valence-corrected chi connectivity index (χ2v) is 12.6. The van der Waals surface area contributed by atoms with E-state index in [0.29, 0.717) is 38.0 Å². The van der Waals surface area contributed by atoms with Crippen LogP contribution in [0.4, 0.5) is 11.4 Å². The normalized spacial score (nSPS) is 27.7. The summed E-state index contributed by atoms with van der Waals surface area (Å²) in [5, 5.41) is 15.3. The number of alkyl halides is 1. The highest BCUT2D eigenvalue weighted by Crippen LogP contribution is 2.60. The van der Waals surface area contributed by atoms with Crippen molar-refractivity contribution in [3.8, 4) is 0 Å². The van der Waals surface area contributed by atoms with Gasteiger partial charge in [0.05, 0.1) is 17.9 Å². The van der Waals surface area contributed by atoms with Gasteiger partial charge in [0, 0.05) is 49.0 Å². The van der Waals surface area contributed by atoms with Crippen LogP contribution in [-0.2, 0) is 25.7 Å².